The van der Waals surface area contributed by atoms with Gasteiger partial charge < -0.3 is 19.1 Å². The van der Waals surface area contributed by atoms with Gasteiger partial charge in [-0.2, -0.15) is 0 Å². The number of hydrogen-bond acceptors (Lipinski definition) is 9. The standard InChI is InChI=1S/C26H43N2O8PS/c1-8-34-37(33)16-15-27(18-20-12-11-17-38-20)19-26(37,21(29)30)13-9-10-14-28(22(31)35-24(2,3)4)23(32)36-25(5,6)7/h11-12,17H,8-10,13-16,18-19H2,1-7H3,(H,29,30). The first-order valence-corrected chi connectivity index (χ1v) is 15.7. The predicted octanol–water partition coefficient (Wildman–Crippen LogP) is 6.04. The fraction of sp³-hybridized carbons (Fsp3) is 0.731. The molecule has 1 saturated heterocycles. The molecule has 0 aromatic carbocycles. The third-order valence-electron chi connectivity index (χ3n) is 5.99. The zero-order valence-corrected chi connectivity index (χ0v) is 25.4. The molecule has 0 bridgehead atoms. The van der Waals surface area contributed by atoms with Crippen LogP contribution in [0.2, 0.25) is 0 Å². The number of aliphatic carboxylic acids is 1. The van der Waals surface area contributed by atoms with Crippen molar-refractivity contribution in [3.8, 4) is 0 Å². The maximum absolute atomic E-state index is 13.9. The minimum absolute atomic E-state index is 0.0304. The summed E-state index contributed by atoms with van der Waals surface area (Å²) in [4.78, 5) is 42.3. The fourth-order valence-electron chi connectivity index (χ4n) is 4.35. The Morgan fingerprint density at radius 1 is 1.11 bits per heavy atom. The van der Waals surface area contributed by atoms with Gasteiger partial charge in [-0.15, -0.1) is 11.3 Å². The second-order valence-electron chi connectivity index (χ2n) is 11.5. The number of rotatable bonds is 10. The fourth-order valence-corrected chi connectivity index (χ4v) is 8.07. The van der Waals surface area contributed by atoms with Crippen molar-refractivity contribution < 1.29 is 38.1 Å². The van der Waals surface area contributed by atoms with E-state index in [0.717, 1.165) is 9.78 Å². The van der Waals surface area contributed by atoms with E-state index in [9.17, 15) is 24.1 Å². The first-order chi connectivity index (χ1) is 17.5. The zero-order valence-electron chi connectivity index (χ0n) is 23.7. The van der Waals surface area contributed by atoms with Gasteiger partial charge in [0, 0.05) is 37.2 Å². The minimum atomic E-state index is -3.53. The molecule has 2 rings (SSSR count). The van der Waals surface area contributed by atoms with Crippen LogP contribution < -0.4 is 0 Å². The van der Waals surface area contributed by atoms with Crippen LogP contribution in [0.25, 0.3) is 0 Å². The SMILES string of the molecule is CCOP1(=O)CCN(Cc2cccs2)CC1(CCCCN(C(=O)OC(C)(C)C)C(=O)OC(C)(C)C)C(=O)O. The zero-order chi connectivity index (χ0) is 28.8. The number of carbonyl (C=O) groups excluding carboxylic acids is 2. The Bertz CT molecular complexity index is 974. The van der Waals surface area contributed by atoms with Crippen molar-refractivity contribution in [2.45, 2.75) is 90.6 Å². The largest absolute Gasteiger partial charge is 0.480 e. The number of thiophene rings is 1. The Kier molecular flexibility index (Phi) is 11.0. The van der Waals surface area contributed by atoms with Gasteiger partial charge in [-0.1, -0.05) is 6.07 Å². The normalized spacial score (nSPS) is 22.6. The smallest absolute Gasteiger partial charge is 0.419 e. The third-order valence-corrected chi connectivity index (χ3v) is 10.2. The van der Waals surface area contributed by atoms with Gasteiger partial charge in [-0.05, 0) is 79.2 Å². The molecular formula is C26H43N2O8PS. The highest BCUT2D eigenvalue weighted by molar-refractivity contribution is 7.62. The lowest BCUT2D eigenvalue weighted by molar-refractivity contribution is -0.141. The summed E-state index contributed by atoms with van der Waals surface area (Å²) in [6.07, 6.45) is -0.848. The Hall–Kier alpha value is -1.94. The molecule has 0 radical (unpaired) electrons. The molecular weight excluding hydrogens is 531 g/mol. The summed E-state index contributed by atoms with van der Waals surface area (Å²) in [6, 6.07) is 3.94. The maximum Gasteiger partial charge on any atom is 0.419 e. The number of ether oxygens (including phenoxy) is 2. The first kappa shape index (κ1) is 32.3. The Balaban J connectivity index is 2.19. The van der Waals surface area contributed by atoms with Crippen molar-refractivity contribution in [1.82, 2.24) is 9.80 Å². The van der Waals surface area contributed by atoms with E-state index in [1.165, 1.54) is 0 Å². The highest BCUT2D eigenvalue weighted by Crippen LogP contribution is 2.63. The average Bonchev–Trinajstić information content (AvgIpc) is 3.26. The molecule has 12 heteroatoms. The van der Waals surface area contributed by atoms with Crippen LogP contribution in [-0.4, -0.2) is 81.8 Å². The quantitative estimate of drug-likeness (QED) is 0.263. The molecule has 1 aliphatic rings. The topological polar surface area (TPSA) is 123 Å². The van der Waals surface area contributed by atoms with Crippen molar-refractivity contribution in [3.63, 3.8) is 0 Å². The molecule has 1 aliphatic heterocycles. The van der Waals surface area contributed by atoms with Gasteiger partial charge in [0.05, 0.1) is 6.61 Å². The van der Waals surface area contributed by atoms with Gasteiger partial charge in [-0.25, -0.2) is 14.5 Å². The van der Waals surface area contributed by atoms with Gasteiger partial charge in [0.2, 0.25) is 7.37 Å². The van der Waals surface area contributed by atoms with E-state index < -0.39 is 41.9 Å². The Morgan fingerprint density at radius 3 is 2.18 bits per heavy atom. The van der Waals surface area contributed by atoms with Crippen molar-refractivity contribution >= 4 is 36.9 Å². The predicted molar refractivity (Wildman–Crippen MR) is 147 cm³/mol. The van der Waals surface area contributed by atoms with E-state index in [0.29, 0.717) is 19.5 Å². The molecule has 1 aromatic heterocycles. The summed E-state index contributed by atoms with van der Waals surface area (Å²) < 4.78 is 30.4. The van der Waals surface area contributed by atoms with Crippen LogP contribution in [-0.2, 0) is 29.9 Å². The number of nitrogens with zero attached hydrogens (tertiary/aromatic N) is 2. The lowest BCUT2D eigenvalue weighted by Gasteiger charge is -2.44. The number of carboxylic acid groups (broad SMARTS) is 1. The Morgan fingerprint density at radius 2 is 1.71 bits per heavy atom. The molecule has 0 saturated carbocycles. The molecule has 38 heavy (non-hydrogen) atoms. The van der Waals surface area contributed by atoms with Crippen LogP contribution >= 0.6 is 18.7 Å². The summed E-state index contributed by atoms with van der Waals surface area (Å²) >= 11 is 1.59. The van der Waals surface area contributed by atoms with Crippen LogP contribution in [0.15, 0.2) is 17.5 Å². The van der Waals surface area contributed by atoms with Crippen molar-refractivity contribution in [3.05, 3.63) is 22.4 Å². The number of carboxylic acids is 1. The van der Waals surface area contributed by atoms with Crippen LogP contribution in [0.5, 0.6) is 0 Å². The molecule has 0 aliphatic carbocycles. The molecule has 2 amide bonds. The van der Waals surface area contributed by atoms with Crippen molar-refractivity contribution in [1.29, 1.82) is 0 Å². The maximum atomic E-state index is 13.9. The summed E-state index contributed by atoms with van der Waals surface area (Å²) in [7, 11) is -3.53. The van der Waals surface area contributed by atoms with Crippen molar-refractivity contribution in [2.75, 3.05) is 32.4 Å². The monoisotopic (exact) mass is 574 g/mol. The van der Waals surface area contributed by atoms with Crippen LogP contribution in [0.3, 0.4) is 0 Å². The van der Waals surface area contributed by atoms with E-state index in [1.807, 2.05) is 22.4 Å². The van der Waals surface area contributed by atoms with Gasteiger partial charge in [0.15, 0.2) is 5.16 Å². The second-order valence-corrected chi connectivity index (χ2v) is 15.5. The summed E-state index contributed by atoms with van der Waals surface area (Å²) in [6.45, 7) is 13.2. The van der Waals surface area contributed by atoms with E-state index in [1.54, 1.807) is 59.8 Å². The minimum Gasteiger partial charge on any atom is -0.480 e. The second kappa shape index (κ2) is 12.9. The molecule has 2 unspecified atom stereocenters. The molecule has 1 fully saturated rings. The van der Waals surface area contributed by atoms with Crippen molar-refractivity contribution in [2.24, 2.45) is 0 Å². The van der Waals surface area contributed by atoms with Gasteiger partial charge in [-0.3, -0.25) is 14.3 Å². The van der Waals surface area contributed by atoms with Gasteiger partial charge in [0.1, 0.15) is 11.2 Å². The molecule has 1 N–H and O–H groups in total. The van der Waals surface area contributed by atoms with E-state index in [-0.39, 0.29) is 38.7 Å². The third kappa shape index (κ3) is 8.79. The summed E-state index contributed by atoms with van der Waals surface area (Å²) in [5.41, 5.74) is -1.63. The number of carbonyl (C=O) groups is 3. The molecule has 10 nitrogen and oxygen atoms in total. The number of imide groups is 1. The summed E-state index contributed by atoms with van der Waals surface area (Å²) in [5, 5.41) is 10.8. The van der Waals surface area contributed by atoms with Gasteiger partial charge in [0.25, 0.3) is 0 Å². The highest BCUT2D eigenvalue weighted by Gasteiger charge is 2.58. The van der Waals surface area contributed by atoms with E-state index >= 15 is 0 Å². The molecule has 2 atom stereocenters. The lowest BCUT2D eigenvalue weighted by Crippen LogP contribution is -2.54. The first-order valence-electron chi connectivity index (χ1n) is 13.0. The van der Waals surface area contributed by atoms with Crippen LogP contribution in [0, 0.1) is 0 Å². The molecule has 2 heterocycles. The van der Waals surface area contributed by atoms with E-state index in [4.69, 9.17) is 14.0 Å². The highest BCUT2D eigenvalue weighted by atomic mass is 32.1. The van der Waals surface area contributed by atoms with Gasteiger partial charge >= 0.3 is 18.2 Å². The average molecular weight is 575 g/mol. The number of amides is 2. The van der Waals surface area contributed by atoms with Crippen LogP contribution in [0.1, 0.15) is 72.6 Å². The Labute approximate surface area is 230 Å². The van der Waals surface area contributed by atoms with E-state index in [2.05, 4.69) is 0 Å². The van der Waals surface area contributed by atoms with Crippen LogP contribution in [0.4, 0.5) is 9.59 Å². The number of unbranched alkanes of at least 4 members (excludes halogenated alkanes) is 1. The molecule has 0 spiro atoms. The molecule has 1 aromatic rings. The molecule has 216 valence electrons. The number of hydrogen-bond donors (Lipinski definition) is 1. The summed E-state index contributed by atoms with van der Waals surface area (Å²) in [5.74, 6) is -1.15. The lowest BCUT2D eigenvalue weighted by atomic mass is 9.99.